The zero-order valence-corrected chi connectivity index (χ0v) is 11.1. The van der Waals surface area contributed by atoms with Crippen molar-refractivity contribution in [2.24, 2.45) is 5.73 Å². The summed E-state index contributed by atoms with van der Waals surface area (Å²) in [7, 11) is 0. The summed E-state index contributed by atoms with van der Waals surface area (Å²) < 4.78 is 0. The molecule has 3 N–H and O–H groups in total. The lowest BCUT2D eigenvalue weighted by molar-refractivity contribution is 0.102. The number of pyridine rings is 1. The largest absolute Gasteiger partial charge is 0.320 e. The van der Waals surface area contributed by atoms with E-state index in [1.165, 1.54) is 0 Å². The van der Waals surface area contributed by atoms with Gasteiger partial charge < -0.3 is 11.1 Å². The van der Waals surface area contributed by atoms with E-state index in [9.17, 15) is 4.79 Å². The van der Waals surface area contributed by atoms with Gasteiger partial charge in [-0.15, -0.1) is 0 Å². The number of rotatable bonds is 2. The molecular weight excluding hydrogens is 264 g/mol. The Kier molecular flexibility index (Phi) is 4.66. The first-order valence-corrected chi connectivity index (χ1v) is 6.19. The van der Waals surface area contributed by atoms with Crippen LogP contribution in [0.3, 0.4) is 0 Å². The number of hydrogen-bond acceptors (Lipinski definition) is 4. The highest BCUT2D eigenvalue weighted by molar-refractivity contribution is 6.03. The molecule has 1 aromatic heterocycles. The van der Waals surface area contributed by atoms with Gasteiger partial charge in [0, 0.05) is 17.3 Å². The molecule has 0 fully saturated rings. The number of nitriles is 1. The normalized spacial score (nSPS) is 9.14. The molecule has 102 valence electrons. The number of anilines is 1. The van der Waals surface area contributed by atoms with Gasteiger partial charge in [0.15, 0.2) is 0 Å². The van der Waals surface area contributed by atoms with Gasteiger partial charge in [-0.3, -0.25) is 4.79 Å². The van der Waals surface area contributed by atoms with Crippen LogP contribution in [0.2, 0.25) is 0 Å². The van der Waals surface area contributed by atoms with Gasteiger partial charge in [0.05, 0.1) is 18.2 Å². The van der Waals surface area contributed by atoms with Gasteiger partial charge in [-0.2, -0.15) is 5.26 Å². The quantitative estimate of drug-likeness (QED) is 0.813. The molecule has 0 atom stereocenters. The predicted octanol–water partition coefficient (Wildman–Crippen LogP) is 1.52. The Morgan fingerprint density at radius 3 is 2.67 bits per heavy atom. The summed E-state index contributed by atoms with van der Waals surface area (Å²) in [4.78, 5) is 16.1. The van der Waals surface area contributed by atoms with Gasteiger partial charge in [0.25, 0.3) is 5.91 Å². The summed E-state index contributed by atoms with van der Waals surface area (Å²) in [6, 6.07) is 11.8. The van der Waals surface area contributed by atoms with Crippen molar-refractivity contribution in [2.75, 3.05) is 11.9 Å². The van der Waals surface area contributed by atoms with Crippen molar-refractivity contribution in [2.45, 2.75) is 0 Å². The molecule has 0 aliphatic carbocycles. The van der Waals surface area contributed by atoms with Gasteiger partial charge in [0.1, 0.15) is 5.82 Å². The van der Waals surface area contributed by atoms with Gasteiger partial charge in [-0.25, -0.2) is 4.98 Å². The first-order valence-electron chi connectivity index (χ1n) is 6.19. The molecule has 2 rings (SSSR count). The molecule has 0 aliphatic rings. The standard InChI is InChI=1S/C16H12N4O/c17-8-1-2-12-7-9-19-15(10-12)20-16(21)14-5-3-13(11-18)4-6-14/h3-7,9-10H,8,17H2,(H,19,20,21). The Morgan fingerprint density at radius 1 is 1.24 bits per heavy atom. The van der Waals surface area contributed by atoms with E-state index >= 15 is 0 Å². The second-order valence-corrected chi connectivity index (χ2v) is 4.08. The molecule has 2 aromatic rings. The van der Waals surface area contributed by atoms with Crippen LogP contribution in [-0.2, 0) is 0 Å². The summed E-state index contributed by atoms with van der Waals surface area (Å²) in [5.41, 5.74) is 7.00. The van der Waals surface area contributed by atoms with Crippen LogP contribution in [0.1, 0.15) is 21.5 Å². The Balaban J connectivity index is 2.13. The Labute approximate surface area is 122 Å². The Bertz CT molecular complexity index is 748. The second-order valence-electron chi connectivity index (χ2n) is 4.08. The summed E-state index contributed by atoms with van der Waals surface area (Å²) in [6.07, 6.45) is 1.56. The molecule has 0 radical (unpaired) electrons. The average molecular weight is 276 g/mol. The number of nitrogens with zero attached hydrogens (tertiary/aromatic N) is 2. The summed E-state index contributed by atoms with van der Waals surface area (Å²) in [5, 5.41) is 11.4. The predicted molar refractivity (Wildman–Crippen MR) is 79.3 cm³/mol. The van der Waals surface area contributed by atoms with Crippen LogP contribution in [-0.4, -0.2) is 17.4 Å². The van der Waals surface area contributed by atoms with Gasteiger partial charge in [-0.05, 0) is 36.4 Å². The number of nitrogens with one attached hydrogen (secondary N) is 1. The highest BCUT2D eigenvalue weighted by Gasteiger charge is 2.06. The molecular formula is C16H12N4O. The van der Waals surface area contributed by atoms with E-state index in [2.05, 4.69) is 22.1 Å². The third-order valence-corrected chi connectivity index (χ3v) is 2.61. The van der Waals surface area contributed by atoms with Crippen LogP contribution in [0.25, 0.3) is 0 Å². The zero-order valence-electron chi connectivity index (χ0n) is 11.1. The lowest BCUT2D eigenvalue weighted by atomic mass is 10.1. The van der Waals surface area contributed by atoms with E-state index in [-0.39, 0.29) is 12.5 Å². The lowest BCUT2D eigenvalue weighted by Gasteiger charge is -2.04. The number of carbonyl (C=O) groups is 1. The van der Waals surface area contributed by atoms with Crippen molar-refractivity contribution in [3.8, 4) is 17.9 Å². The fourth-order valence-corrected chi connectivity index (χ4v) is 1.61. The fourth-order valence-electron chi connectivity index (χ4n) is 1.61. The lowest BCUT2D eigenvalue weighted by Crippen LogP contribution is -2.12. The van der Waals surface area contributed by atoms with Gasteiger partial charge >= 0.3 is 0 Å². The first kappa shape index (κ1) is 14.3. The van der Waals surface area contributed by atoms with Crippen LogP contribution in [0.4, 0.5) is 5.82 Å². The first-order chi connectivity index (χ1) is 10.2. The Morgan fingerprint density at radius 2 is 2.00 bits per heavy atom. The number of amides is 1. The number of benzene rings is 1. The molecule has 0 unspecified atom stereocenters. The monoisotopic (exact) mass is 276 g/mol. The molecule has 1 amide bonds. The van der Waals surface area contributed by atoms with Gasteiger partial charge in [0.2, 0.25) is 0 Å². The van der Waals surface area contributed by atoms with Crippen molar-refractivity contribution in [1.29, 1.82) is 5.26 Å². The average Bonchev–Trinajstić information content (AvgIpc) is 2.53. The van der Waals surface area contributed by atoms with Crippen LogP contribution in [0.5, 0.6) is 0 Å². The van der Waals surface area contributed by atoms with Crippen LogP contribution < -0.4 is 11.1 Å². The van der Waals surface area contributed by atoms with Crippen molar-refractivity contribution < 1.29 is 4.79 Å². The summed E-state index contributed by atoms with van der Waals surface area (Å²) in [5.74, 6) is 5.72. The molecule has 0 aliphatic heterocycles. The maximum absolute atomic E-state index is 12.0. The summed E-state index contributed by atoms with van der Waals surface area (Å²) >= 11 is 0. The van der Waals surface area contributed by atoms with E-state index in [0.717, 1.165) is 5.56 Å². The maximum Gasteiger partial charge on any atom is 0.256 e. The molecule has 1 heterocycles. The van der Waals surface area contributed by atoms with E-state index in [1.54, 1.807) is 42.6 Å². The number of carbonyl (C=O) groups excluding carboxylic acids is 1. The molecule has 1 aromatic carbocycles. The van der Waals surface area contributed by atoms with E-state index in [1.807, 2.05) is 6.07 Å². The molecule has 21 heavy (non-hydrogen) atoms. The number of aromatic nitrogens is 1. The molecule has 5 nitrogen and oxygen atoms in total. The summed E-state index contributed by atoms with van der Waals surface area (Å²) in [6.45, 7) is 0.273. The minimum Gasteiger partial charge on any atom is -0.320 e. The molecule has 0 saturated heterocycles. The smallest absolute Gasteiger partial charge is 0.256 e. The third-order valence-electron chi connectivity index (χ3n) is 2.61. The van der Waals surface area contributed by atoms with E-state index in [0.29, 0.717) is 16.9 Å². The number of hydrogen-bond donors (Lipinski definition) is 2. The van der Waals surface area contributed by atoms with Crippen molar-refractivity contribution in [3.63, 3.8) is 0 Å². The highest BCUT2D eigenvalue weighted by Crippen LogP contribution is 2.09. The minimum atomic E-state index is -0.295. The molecule has 0 saturated carbocycles. The second kappa shape index (κ2) is 6.85. The third kappa shape index (κ3) is 3.90. The van der Waals surface area contributed by atoms with Crippen LogP contribution in [0, 0.1) is 23.2 Å². The topological polar surface area (TPSA) is 91.8 Å². The van der Waals surface area contributed by atoms with Crippen LogP contribution in [0.15, 0.2) is 42.6 Å². The van der Waals surface area contributed by atoms with E-state index in [4.69, 9.17) is 11.0 Å². The highest BCUT2D eigenvalue weighted by atomic mass is 16.1. The molecule has 5 heteroatoms. The van der Waals surface area contributed by atoms with Crippen molar-refractivity contribution >= 4 is 11.7 Å². The van der Waals surface area contributed by atoms with Crippen molar-refractivity contribution in [1.82, 2.24) is 4.98 Å². The minimum absolute atomic E-state index is 0.273. The van der Waals surface area contributed by atoms with E-state index < -0.39 is 0 Å². The fraction of sp³-hybridized carbons (Fsp3) is 0.0625. The number of nitrogens with two attached hydrogens (primary N) is 1. The Hall–Kier alpha value is -3.15. The maximum atomic E-state index is 12.0. The SMILES string of the molecule is N#Cc1ccc(C(=O)Nc2cc(C#CCN)ccn2)cc1. The van der Waals surface area contributed by atoms with Crippen LogP contribution >= 0.6 is 0 Å². The van der Waals surface area contributed by atoms with Gasteiger partial charge in [-0.1, -0.05) is 11.8 Å². The molecule has 0 bridgehead atoms. The molecule has 0 spiro atoms. The zero-order chi connectivity index (χ0) is 15.1. The van der Waals surface area contributed by atoms with Crippen molar-refractivity contribution in [3.05, 3.63) is 59.3 Å².